The second kappa shape index (κ2) is 6.06. The first-order chi connectivity index (χ1) is 8.36. The number of benzene rings is 1. The fourth-order valence-electron chi connectivity index (χ4n) is 1.22. The van der Waals surface area contributed by atoms with Crippen molar-refractivity contribution in [1.82, 2.24) is 9.97 Å². The summed E-state index contributed by atoms with van der Waals surface area (Å²) < 4.78 is 10.8. The SMILES string of the molecule is Clc1nccnc1OCCOc1ccccc1. The van der Waals surface area contributed by atoms with E-state index in [0.717, 1.165) is 5.75 Å². The van der Waals surface area contributed by atoms with Gasteiger partial charge in [-0.25, -0.2) is 9.97 Å². The first-order valence-corrected chi connectivity index (χ1v) is 5.51. The molecule has 0 atom stereocenters. The monoisotopic (exact) mass is 250 g/mol. The van der Waals surface area contributed by atoms with E-state index in [1.165, 1.54) is 12.4 Å². The lowest BCUT2D eigenvalue weighted by molar-refractivity contribution is 0.211. The van der Waals surface area contributed by atoms with Crippen LogP contribution in [0.4, 0.5) is 0 Å². The summed E-state index contributed by atoms with van der Waals surface area (Å²) >= 11 is 5.78. The molecule has 0 spiro atoms. The zero-order chi connectivity index (χ0) is 11.9. The fourth-order valence-corrected chi connectivity index (χ4v) is 1.38. The Morgan fingerprint density at radius 1 is 0.941 bits per heavy atom. The van der Waals surface area contributed by atoms with E-state index >= 15 is 0 Å². The number of nitrogens with zero attached hydrogens (tertiary/aromatic N) is 2. The topological polar surface area (TPSA) is 44.2 Å². The second-order valence-corrected chi connectivity index (χ2v) is 3.52. The van der Waals surface area contributed by atoms with E-state index in [4.69, 9.17) is 21.1 Å². The minimum absolute atomic E-state index is 0.257. The molecule has 1 heterocycles. The lowest BCUT2D eigenvalue weighted by Crippen LogP contribution is -2.10. The highest BCUT2D eigenvalue weighted by atomic mass is 35.5. The second-order valence-electron chi connectivity index (χ2n) is 3.16. The summed E-state index contributed by atoms with van der Waals surface area (Å²) in [6, 6.07) is 9.53. The molecule has 0 saturated carbocycles. The van der Waals surface area contributed by atoms with Crippen LogP contribution in [0.3, 0.4) is 0 Å². The molecule has 1 aromatic heterocycles. The van der Waals surface area contributed by atoms with E-state index in [1.807, 2.05) is 30.3 Å². The average Bonchev–Trinajstić information content (AvgIpc) is 2.38. The zero-order valence-electron chi connectivity index (χ0n) is 9.04. The number of para-hydroxylation sites is 1. The van der Waals surface area contributed by atoms with Crippen molar-refractivity contribution in [3.05, 3.63) is 47.9 Å². The van der Waals surface area contributed by atoms with E-state index in [0.29, 0.717) is 19.1 Å². The average molecular weight is 251 g/mol. The molecule has 0 bridgehead atoms. The van der Waals surface area contributed by atoms with Gasteiger partial charge >= 0.3 is 0 Å². The van der Waals surface area contributed by atoms with Gasteiger partial charge in [0, 0.05) is 12.4 Å². The van der Waals surface area contributed by atoms with Crippen LogP contribution in [0.2, 0.25) is 5.15 Å². The zero-order valence-corrected chi connectivity index (χ0v) is 9.80. The van der Waals surface area contributed by atoms with Crippen LogP contribution in [-0.4, -0.2) is 23.2 Å². The largest absolute Gasteiger partial charge is 0.490 e. The van der Waals surface area contributed by atoms with Crippen LogP contribution in [0.1, 0.15) is 0 Å². The first-order valence-electron chi connectivity index (χ1n) is 5.13. The van der Waals surface area contributed by atoms with Crippen LogP contribution in [0.25, 0.3) is 0 Å². The maximum atomic E-state index is 5.78. The molecule has 4 nitrogen and oxygen atoms in total. The van der Waals surface area contributed by atoms with E-state index in [9.17, 15) is 0 Å². The van der Waals surface area contributed by atoms with Gasteiger partial charge in [-0.05, 0) is 12.1 Å². The molecule has 5 heteroatoms. The van der Waals surface area contributed by atoms with Crippen molar-refractivity contribution >= 4 is 11.6 Å². The third-order valence-corrected chi connectivity index (χ3v) is 2.22. The Kier molecular flexibility index (Phi) is 4.16. The Hall–Kier alpha value is -1.81. The van der Waals surface area contributed by atoms with E-state index < -0.39 is 0 Å². The third-order valence-electron chi connectivity index (χ3n) is 1.96. The lowest BCUT2D eigenvalue weighted by Gasteiger charge is -2.07. The van der Waals surface area contributed by atoms with Crippen LogP contribution < -0.4 is 9.47 Å². The van der Waals surface area contributed by atoms with Gasteiger partial charge in [-0.15, -0.1) is 0 Å². The van der Waals surface area contributed by atoms with Crippen LogP contribution >= 0.6 is 11.6 Å². The summed E-state index contributed by atoms with van der Waals surface area (Å²) in [6.07, 6.45) is 3.04. The maximum Gasteiger partial charge on any atom is 0.252 e. The fraction of sp³-hybridized carbons (Fsp3) is 0.167. The summed E-state index contributed by atoms with van der Waals surface area (Å²) in [4.78, 5) is 7.80. The number of hydrogen-bond acceptors (Lipinski definition) is 4. The standard InChI is InChI=1S/C12H11ClN2O2/c13-11-12(15-7-6-14-11)17-9-8-16-10-4-2-1-3-5-10/h1-7H,8-9H2. The molecule has 0 radical (unpaired) electrons. The molecule has 0 amide bonds. The summed E-state index contributed by atoms with van der Waals surface area (Å²) in [7, 11) is 0. The van der Waals surface area contributed by atoms with Crippen LogP contribution in [0.5, 0.6) is 11.6 Å². The Morgan fingerprint density at radius 3 is 2.41 bits per heavy atom. The van der Waals surface area contributed by atoms with Crippen molar-refractivity contribution in [2.45, 2.75) is 0 Å². The van der Waals surface area contributed by atoms with Gasteiger partial charge in [-0.3, -0.25) is 0 Å². The quantitative estimate of drug-likeness (QED) is 0.765. The van der Waals surface area contributed by atoms with Gasteiger partial charge in [0.05, 0.1) is 0 Å². The third kappa shape index (κ3) is 3.60. The van der Waals surface area contributed by atoms with Crippen molar-refractivity contribution in [3.8, 4) is 11.6 Å². The number of hydrogen-bond donors (Lipinski definition) is 0. The number of rotatable bonds is 5. The van der Waals surface area contributed by atoms with Crippen molar-refractivity contribution in [1.29, 1.82) is 0 Å². The molecular formula is C12H11ClN2O2. The van der Waals surface area contributed by atoms with Crippen molar-refractivity contribution < 1.29 is 9.47 Å². The van der Waals surface area contributed by atoms with Crippen molar-refractivity contribution in [2.75, 3.05) is 13.2 Å². The molecule has 0 aliphatic rings. The number of halogens is 1. The van der Waals surface area contributed by atoms with E-state index in [1.54, 1.807) is 0 Å². The minimum atomic E-state index is 0.257. The van der Waals surface area contributed by atoms with Gasteiger partial charge in [0.15, 0.2) is 5.15 Å². The van der Waals surface area contributed by atoms with E-state index in [2.05, 4.69) is 9.97 Å². The van der Waals surface area contributed by atoms with Gasteiger partial charge in [0.1, 0.15) is 19.0 Å². The van der Waals surface area contributed by atoms with Gasteiger partial charge in [0.25, 0.3) is 5.88 Å². The molecule has 0 N–H and O–H groups in total. The van der Waals surface area contributed by atoms with Gasteiger partial charge < -0.3 is 9.47 Å². The number of aromatic nitrogens is 2. The normalized spacial score (nSPS) is 9.94. The summed E-state index contributed by atoms with van der Waals surface area (Å²) in [6.45, 7) is 0.796. The van der Waals surface area contributed by atoms with Crippen LogP contribution in [0, 0.1) is 0 Å². The predicted molar refractivity (Wildman–Crippen MR) is 64.5 cm³/mol. The number of ether oxygens (including phenoxy) is 2. The van der Waals surface area contributed by atoms with Gasteiger partial charge in [-0.1, -0.05) is 29.8 Å². The first kappa shape index (κ1) is 11.7. The summed E-state index contributed by atoms with van der Waals surface area (Å²) in [5, 5.41) is 0.257. The molecule has 88 valence electrons. The Balaban J connectivity index is 1.76. The Labute approximate surface area is 104 Å². The minimum Gasteiger partial charge on any atom is -0.490 e. The van der Waals surface area contributed by atoms with Crippen LogP contribution in [-0.2, 0) is 0 Å². The van der Waals surface area contributed by atoms with Crippen molar-refractivity contribution in [3.63, 3.8) is 0 Å². The van der Waals surface area contributed by atoms with Gasteiger partial charge in [-0.2, -0.15) is 0 Å². The van der Waals surface area contributed by atoms with Gasteiger partial charge in [0.2, 0.25) is 0 Å². The maximum absolute atomic E-state index is 5.78. The molecule has 17 heavy (non-hydrogen) atoms. The van der Waals surface area contributed by atoms with Crippen LogP contribution in [0.15, 0.2) is 42.7 Å². The highest BCUT2D eigenvalue weighted by Crippen LogP contribution is 2.16. The van der Waals surface area contributed by atoms with E-state index in [-0.39, 0.29) is 5.15 Å². The smallest absolute Gasteiger partial charge is 0.252 e. The molecule has 1 aromatic carbocycles. The lowest BCUT2D eigenvalue weighted by atomic mass is 10.3. The highest BCUT2D eigenvalue weighted by molar-refractivity contribution is 6.30. The van der Waals surface area contributed by atoms with Crippen molar-refractivity contribution in [2.24, 2.45) is 0 Å². The molecule has 0 fully saturated rings. The molecule has 2 rings (SSSR count). The molecule has 2 aromatic rings. The molecule has 0 saturated heterocycles. The summed E-state index contributed by atoms with van der Waals surface area (Å²) in [5.74, 6) is 1.13. The molecule has 0 aliphatic carbocycles. The molecule has 0 unspecified atom stereocenters. The predicted octanol–water partition coefficient (Wildman–Crippen LogP) is 2.59. The Bertz CT molecular complexity index is 465. The Morgan fingerprint density at radius 2 is 1.65 bits per heavy atom. The molecular weight excluding hydrogens is 240 g/mol. The molecule has 0 aliphatic heterocycles. The highest BCUT2D eigenvalue weighted by Gasteiger charge is 2.02. The summed E-state index contributed by atoms with van der Waals surface area (Å²) in [5.41, 5.74) is 0.